The van der Waals surface area contributed by atoms with Gasteiger partial charge in [0.1, 0.15) is 7.85 Å². The van der Waals surface area contributed by atoms with Gasteiger partial charge in [0.2, 0.25) is 0 Å². The Balaban J connectivity index is 2.23. The third-order valence-electron chi connectivity index (χ3n) is 3.52. The first-order chi connectivity index (χ1) is 12.1. The maximum absolute atomic E-state index is 14.1. The Morgan fingerprint density at radius 3 is 2.15 bits per heavy atom. The van der Waals surface area contributed by atoms with Crippen molar-refractivity contribution in [3.05, 3.63) is 65.2 Å². The molecule has 7 heteroatoms. The topological polar surface area (TPSA) is 63.6 Å². The molecule has 0 bridgehead atoms. The molecule has 0 unspecified atom stereocenters. The average Bonchev–Trinajstić information content (AvgIpc) is 2.56. The summed E-state index contributed by atoms with van der Waals surface area (Å²) in [7, 11) is 5.54. The minimum absolute atomic E-state index is 0.0873. The Kier molecular flexibility index (Phi) is 5.60. The zero-order chi connectivity index (χ0) is 19.5. The van der Waals surface area contributed by atoms with Crippen LogP contribution in [0.4, 0.5) is 8.78 Å². The molecular weight excluding hydrogens is 341 g/mol. The highest BCUT2D eigenvalue weighted by Gasteiger charge is 2.31. The summed E-state index contributed by atoms with van der Waals surface area (Å²) in [5.41, 5.74) is -0.831. The van der Waals surface area contributed by atoms with Gasteiger partial charge in [0.05, 0.1) is 0 Å². The molecule has 2 aromatic rings. The molecule has 0 heterocycles. The lowest BCUT2D eigenvalue weighted by atomic mass is 9.94. The van der Waals surface area contributed by atoms with E-state index in [2.05, 4.69) is 0 Å². The standard InChI is InChI=1S/C19H15BF2O4/c1-19(2,18(24)25)26-17-14(21)9-11(10-15(17)22)3-8-16(23)12-4-6-13(20)7-5-12/h3-10H,1-2H3,(H,24,25)/b8-3+. The lowest BCUT2D eigenvalue weighted by Gasteiger charge is -2.22. The number of aliphatic carboxylic acids is 1. The van der Waals surface area contributed by atoms with Crippen molar-refractivity contribution in [2.45, 2.75) is 19.4 Å². The summed E-state index contributed by atoms with van der Waals surface area (Å²) in [5.74, 6) is -4.66. The Hall–Kier alpha value is -2.96. The van der Waals surface area contributed by atoms with E-state index in [0.717, 1.165) is 12.1 Å². The van der Waals surface area contributed by atoms with Crippen molar-refractivity contribution in [2.75, 3.05) is 0 Å². The van der Waals surface area contributed by atoms with Gasteiger partial charge < -0.3 is 9.84 Å². The summed E-state index contributed by atoms with van der Waals surface area (Å²) in [6, 6.07) is 8.10. The van der Waals surface area contributed by atoms with Crippen LogP contribution < -0.4 is 10.2 Å². The zero-order valence-corrected chi connectivity index (χ0v) is 14.1. The molecule has 0 saturated carbocycles. The highest BCUT2D eigenvalue weighted by molar-refractivity contribution is 6.32. The van der Waals surface area contributed by atoms with Crippen molar-refractivity contribution in [2.24, 2.45) is 0 Å². The molecule has 26 heavy (non-hydrogen) atoms. The van der Waals surface area contributed by atoms with Gasteiger partial charge >= 0.3 is 5.97 Å². The molecule has 0 aliphatic carbocycles. The Morgan fingerprint density at radius 2 is 1.65 bits per heavy atom. The summed E-state index contributed by atoms with van der Waals surface area (Å²) in [5, 5.41) is 8.98. The van der Waals surface area contributed by atoms with E-state index in [4.69, 9.17) is 17.7 Å². The van der Waals surface area contributed by atoms with Gasteiger partial charge in [-0.3, -0.25) is 4.79 Å². The molecule has 0 amide bonds. The summed E-state index contributed by atoms with van der Waals surface area (Å²) < 4.78 is 33.1. The summed E-state index contributed by atoms with van der Waals surface area (Å²) >= 11 is 0. The quantitative estimate of drug-likeness (QED) is 0.491. The smallest absolute Gasteiger partial charge is 0.347 e. The lowest BCUT2D eigenvalue weighted by molar-refractivity contribution is -0.152. The van der Waals surface area contributed by atoms with Gasteiger partial charge in [-0.2, -0.15) is 0 Å². The Bertz CT molecular complexity index is 851. The van der Waals surface area contributed by atoms with Crippen LogP contribution in [0.5, 0.6) is 5.75 Å². The fraction of sp³-hybridized carbons (Fsp3) is 0.158. The van der Waals surface area contributed by atoms with Crippen LogP contribution in [-0.4, -0.2) is 30.3 Å². The van der Waals surface area contributed by atoms with Gasteiger partial charge in [-0.05, 0) is 37.6 Å². The van der Waals surface area contributed by atoms with Crippen molar-refractivity contribution in [3.8, 4) is 5.75 Å². The normalized spacial score (nSPS) is 11.5. The van der Waals surface area contributed by atoms with Gasteiger partial charge in [0.15, 0.2) is 28.8 Å². The first kappa shape index (κ1) is 19.4. The summed E-state index contributed by atoms with van der Waals surface area (Å²) in [6.07, 6.45) is 2.42. The minimum atomic E-state index is -1.80. The number of halogens is 2. The molecule has 2 radical (unpaired) electrons. The number of carboxylic acid groups (broad SMARTS) is 1. The molecular formula is C19H15BF2O4. The first-order valence-corrected chi connectivity index (χ1v) is 7.59. The maximum Gasteiger partial charge on any atom is 0.347 e. The molecule has 0 aromatic heterocycles. The third-order valence-corrected chi connectivity index (χ3v) is 3.52. The molecule has 0 saturated heterocycles. The van der Waals surface area contributed by atoms with E-state index in [1.54, 1.807) is 12.1 Å². The highest BCUT2D eigenvalue weighted by Crippen LogP contribution is 2.28. The summed E-state index contributed by atoms with van der Waals surface area (Å²) in [6.45, 7) is 2.35. The first-order valence-electron chi connectivity index (χ1n) is 7.59. The van der Waals surface area contributed by atoms with E-state index in [-0.39, 0.29) is 11.3 Å². The van der Waals surface area contributed by atoms with E-state index < -0.39 is 29.0 Å². The molecule has 0 atom stereocenters. The fourth-order valence-electron chi connectivity index (χ4n) is 1.99. The molecule has 0 fully saturated rings. The van der Waals surface area contributed by atoms with Gasteiger partial charge in [0, 0.05) is 5.56 Å². The SMILES string of the molecule is [B]c1ccc(C(=O)/C=C/c2cc(F)c(OC(C)(C)C(=O)O)c(F)c2)cc1. The largest absolute Gasteiger partial charge is 0.478 e. The summed E-state index contributed by atoms with van der Waals surface area (Å²) in [4.78, 5) is 23.0. The molecule has 1 N–H and O–H groups in total. The highest BCUT2D eigenvalue weighted by atomic mass is 19.1. The number of ketones is 1. The van der Waals surface area contributed by atoms with E-state index in [1.807, 2.05) is 0 Å². The van der Waals surface area contributed by atoms with Crippen LogP contribution in [0.2, 0.25) is 0 Å². The monoisotopic (exact) mass is 356 g/mol. The van der Waals surface area contributed by atoms with E-state index in [1.165, 1.54) is 38.1 Å². The molecule has 0 aliphatic heterocycles. The van der Waals surface area contributed by atoms with Crippen LogP contribution in [-0.2, 0) is 4.79 Å². The van der Waals surface area contributed by atoms with Crippen molar-refractivity contribution in [1.29, 1.82) is 0 Å². The fourth-order valence-corrected chi connectivity index (χ4v) is 1.99. The lowest BCUT2D eigenvalue weighted by Crippen LogP contribution is -2.38. The van der Waals surface area contributed by atoms with Crippen LogP contribution in [0.3, 0.4) is 0 Å². The second-order valence-electron chi connectivity index (χ2n) is 6.05. The Morgan fingerprint density at radius 1 is 1.12 bits per heavy atom. The molecule has 2 aromatic carbocycles. The number of carbonyl (C=O) groups is 2. The van der Waals surface area contributed by atoms with E-state index in [0.29, 0.717) is 11.0 Å². The van der Waals surface area contributed by atoms with Crippen molar-refractivity contribution < 1.29 is 28.2 Å². The van der Waals surface area contributed by atoms with Crippen LogP contribution >= 0.6 is 0 Å². The molecule has 132 valence electrons. The van der Waals surface area contributed by atoms with Crippen LogP contribution in [0.15, 0.2) is 42.5 Å². The number of ether oxygens (including phenoxy) is 1. The number of carboxylic acids is 1. The van der Waals surface area contributed by atoms with Crippen LogP contribution in [0.1, 0.15) is 29.8 Å². The molecule has 0 spiro atoms. The number of carbonyl (C=O) groups excluding carboxylic acids is 1. The molecule has 0 aliphatic rings. The van der Waals surface area contributed by atoms with Gasteiger partial charge in [0.25, 0.3) is 0 Å². The van der Waals surface area contributed by atoms with Gasteiger partial charge in [-0.25, -0.2) is 13.6 Å². The average molecular weight is 356 g/mol. The van der Waals surface area contributed by atoms with Crippen molar-refractivity contribution >= 4 is 31.1 Å². The van der Waals surface area contributed by atoms with Crippen molar-refractivity contribution in [3.63, 3.8) is 0 Å². The predicted octanol–water partition coefficient (Wildman–Crippen LogP) is 2.90. The number of allylic oxidation sites excluding steroid dienone is 1. The van der Waals surface area contributed by atoms with E-state index >= 15 is 0 Å². The van der Waals surface area contributed by atoms with Crippen molar-refractivity contribution in [1.82, 2.24) is 0 Å². The minimum Gasteiger partial charge on any atom is -0.478 e. The van der Waals surface area contributed by atoms with Gasteiger partial charge in [-0.1, -0.05) is 35.8 Å². The van der Waals surface area contributed by atoms with Crippen LogP contribution in [0.25, 0.3) is 6.08 Å². The van der Waals surface area contributed by atoms with Crippen LogP contribution in [0, 0.1) is 11.6 Å². The Labute approximate surface area is 150 Å². The number of hydrogen-bond acceptors (Lipinski definition) is 3. The van der Waals surface area contributed by atoms with Gasteiger partial charge in [-0.15, -0.1) is 0 Å². The van der Waals surface area contributed by atoms with E-state index in [9.17, 15) is 18.4 Å². The molecule has 2 rings (SSSR count). The predicted molar refractivity (Wildman–Crippen MR) is 93.9 cm³/mol. The third kappa shape index (κ3) is 4.56. The second kappa shape index (κ2) is 7.51. The number of benzene rings is 2. The second-order valence-corrected chi connectivity index (χ2v) is 6.05. The number of rotatable bonds is 6. The maximum atomic E-state index is 14.1. The zero-order valence-electron chi connectivity index (χ0n) is 14.1. The number of hydrogen-bond donors (Lipinski definition) is 1. The molecule has 4 nitrogen and oxygen atoms in total.